The molecule has 1 saturated heterocycles. The van der Waals surface area contributed by atoms with Gasteiger partial charge in [-0.3, -0.25) is 9.58 Å². The summed E-state index contributed by atoms with van der Waals surface area (Å²) >= 11 is 0. The Bertz CT molecular complexity index is 433. The Morgan fingerprint density at radius 2 is 1.95 bits per heavy atom. The van der Waals surface area contributed by atoms with Crippen LogP contribution in [0.1, 0.15) is 51.3 Å². The molecule has 0 aromatic carbocycles. The summed E-state index contributed by atoms with van der Waals surface area (Å²) in [6.07, 6.45) is 9.22. The van der Waals surface area contributed by atoms with E-state index in [1.54, 1.807) is 6.33 Å². The third kappa shape index (κ3) is 2.37. The highest BCUT2D eigenvalue weighted by Gasteiger charge is 2.46. The van der Waals surface area contributed by atoms with Gasteiger partial charge in [-0.05, 0) is 45.7 Å². The maximum atomic E-state index is 10.9. The summed E-state index contributed by atoms with van der Waals surface area (Å²) in [6, 6.07) is 0. The molecule has 1 saturated carbocycles. The molecule has 5 nitrogen and oxygen atoms in total. The summed E-state index contributed by atoms with van der Waals surface area (Å²) in [6.45, 7) is 5.18. The fraction of sp³-hybridized carbons (Fsp3) is 0.867. The van der Waals surface area contributed by atoms with E-state index in [2.05, 4.69) is 21.9 Å². The van der Waals surface area contributed by atoms with Crippen LogP contribution in [0.15, 0.2) is 6.33 Å². The number of aliphatic hydroxyl groups excluding tert-OH is 1. The Hall–Kier alpha value is -0.940. The zero-order valence-corrected chi connectivity index (χ0v) is 12.5. The van der Waals surface area contributed by atoms with Crippen molar-refractivity contribution >= 4 is 0 Å². The molecular weight excluding hydrogens is 252 g/mol. The summed E-state index contributed by atoms with van der Waals surface area (Å²) < 4.78 is 1.90. The van der Waals surface area contributed by atoms with Crippen molar-refractivity contribution in [2.75, 3.05) is 13.1 Å². The standard InChI is InChI=1S/C15H26N4O/c1-2-19-14(16-12-17-19)11-13(20)15(7-3-4-8-15)18-9-5-6-10-18/h12-13,20H,2-11H2,1H3. The molecule has 2 heterocycles. The van der Waals surface area contributed by atoms with Crippen molar-refractivity contribution in [2.24, 2.45) is 0 Å². The van der Waals surface area contributed by atoms with Crippen molar-refractivity contribution < 1.29 is 5.11 Å². The van der Waals surface area contributed by atoms with Gasteiger partial charge in [0.2, 0.25) is 0 Å². The first-order valence-electron chi connectivity index (χ1n) is 8.06. The molecule has 2 aliphatic rings. The number of aryl methyl sites for hydroxylation is 1. The molecule has 0 bridgehead atoms. The Morgan fingerprint density at radius 3 is 2.60 bits per heavy atom. The topological polar surface area (TPSA) is 54.2 Å². The second kappa shape index (κ2) is 5.82. The van der Waals surface area contributed by atoms with Crippen LogP contribution < -0.4 is 0 Å². The largest absolute Gasteiger partial charge is 0.391 e. The molecule has 1 N–H and O–H groups in total. The second-order valence-corrected chi connectivity index (χ2v) is 6.22. The average Bonchev–Trinajstić information content (AvgIpc) is 3.19. The van der Waals surface area contributed by atoms with Gasteiger partial charge in [-0.2, -0.15) is 5.10 Å². The molecule has 0 spiro atoms. The monoisotopic (exact) mass is 278 g/mol. The van der Waals surface area contributed by atoms with E-state index in [-0.39, 0.29) is 11.6 Å². The summed E-state index contributed by atoms with van der Waals surface area (Å²) in [5.74, 6) is 0.922. The normalized spacial score (nSPS) is 24.3. The second-order valence-electron chi connectivity index (χ2n) is 6.22. The van der Waals surface area contributed by atoms with Gasteiger partial charge in [0.1, 0.15) is 12.2 Å². The molecule has 1 aromatic rings. The smallest absolute Gasteiger partial charge is 0.138 e. The van der Waals surface area contributed by atoms with Crippen molar-refractivity contribution in [2.45, 2.75) is 70.1 Å². The predicted octanol–water partition coefficient (Wildman–Crippen LogP) is 1.61. The molecule has 20 heavy (non-hydrogen) atoms. The van der Waals surface area contributed by atoms with Crippen molar-refractivity contribution in [1.82, 2.24) is 19.7 Å². The zero-order chi connectivity index (χ0) is 14.0. The molecule has 1 aliphatic heterocycles. The highest BCUT2D eigenvalue weighted by Crippen LogP contribution is 2.40. The van der Waals surface area contributed by atoms with Crippen LogP contribution in [-0.2, 0) is 13.0 Å². The van der Waals surface area contributed by atoms with Crippen LogP contribution in [-0.4, -0.2) is 49.5 Å². The van der Waals surface area contributed by atoms with Crippen LogP contribution in [0.4, 0.5) is 0 Å². The number of rotatable bonds is 5. The van der Waals surface area contributed by atoms with Gasteiger partial charge in [0, 0.05) is 18.5 Å². The number of aliphatic hydroxyl groups is 1. The fourth-order valence-electron chi connectivity index (χ4n) is 4.08. The molecule has 0 amide bonds. The Balaban J connectivity index is 1.77. The van der Waals surface area contributed by atoms with E-state index in [1.165, 1.54) is 25.7 Å². The molecule has 0 radical (unpaired) electrons. The molecule has 1 atom stereocenters. The SMILES string of the molecule is CCn1ncnc1CC(O)C1(N2CCCC2)CCCC1. The Labute approximate surface area is 121 Å². The lowest BCUT2D eigenvalue weighted by Gasteiger charge is -2.42. The van der Waals surface area contributed by atoms with E-state index in [0.717, 1.165) is 38.3 Å². The highest BCUT2D eigenvalue weighted by molar-refractivity contribution is 5.05. The minimum absolute atomic E-state index is 0.00101. The fourth-order valence-corrected chi connectivity index (χ4v) is 4.08. The summed E-state index contributed by atoms with van der Waals surface area (Å²) in [7, 11) is 0. The first kappa shape index (κ1) is 14.0. The molecule has 5 heteroatoms. The van der Waals surface area contributed by atoms with Gasteiger partial charge < -0.3 is 5.11 Å². The number of likely N-dealkylation sites (tertiary alicyclic amines) is 1. The molecule has 112 valence electrons. The van der Waals surface area contributed by atoms with Gasteiger partial charge in [0.15, 0.2) is 0 Å². The van der Waals surface area contributed by atoms with E-state index < -0.39 is 0 Å². The maximum Gasteiger partial charge on any atom is 0.138 e. The zero-order valence-electron chi connectivity index (χ0n) is 12.5. The van der Waals surface area contributed by atoms with Crippen molar-refractivity contribution in [3.05, 3.63) is 12.2 Å². The number of aromatic nitrogens is 3. The van der Waals surface area contributed by atoms with Crippen molar-refractivity contribution in [3.63, 3.8) is 0 Å². The predicted molar refractivity (Wildman–Crippen MR) is 77.4 cm³/mol. The first-order valence-corrected chi connectivity index (χ1v) is 8.06. The Kier molecular flexibility index (Phi) is 4.08. The maximum absolute atomic E-state index is 10.9. The minimum Gasteiger partial charge on any atom is -0.391 e. The van der Waals surface area contributed by atoms with Gasteiger partial charge in [0.05, 0.1) is 6.10 Å². The molecule has 1 aliphatic carbocycles. The van der Waals surface area contributed by atoms with Crippen LogP contribution in [0.2, 0.25) is 0 Å². The van der Waals surface area contributed by atoms with E-state index in [1.807, 2.05) is 4.68 Å². The molecule has 1 aromatic heterocycles. The highest BCUT2D eigenvalue weighted by atomic mass is 16.3. The van der Waals surface area contributed by atoms with Crippen molar-refractivity contribution in [1.29, 1.82) is 0 Å². The van der Waals surface area contributed by atoms with E-state index in [4.69, 9.17) is 0 Å². The average molecular weight is 278 g/mol. The Morgan fingerprint density at radius 1 is 1.25 bits per heavy atom. The van der Waals surface area contributed by atoms with Gasteiger partial charge >= 0.3 is 0 Å². The lowest BCUT2D eigenvalue weighted by molar-refractivity contribution is -0.0186. The third-order valence-corrected chi connectivity index (χ3v) is 5.20. The molecule has 1 unspecified atom stereocenters. The molecular formula is C15H26N4O. The number of nitrogens with zero attached hydrogens (tertiary/aromatic N) is 4. The number of hydrogen-bond donors (Lipinski definition) is 1. The molecule has 3 rings (SSSR count). The number of hydrogen-bond acceptors (Lipinski definition) is 4. The van der Waals surface area contributed by atoms with Crippen molar-refractivity contribution in [3.8, 4) is 0 Å². The van der Waals surface area contributed by atoms with E-state index in [0.29, 0.717) is 6.42 Å². The lowest BCUT2D eigenvalue weighted by Crippen LogP contribution is -2.54. The minimum atomic E-state index is -0.322. The summed E-state index contributed by atoms with van der Waals surface area (Å²) in [5.41, 5.74) is 0.00101. The van der Waals surface area contributed by atoms with E-state index in [9.17, 15) is 5.11 Å². The third-order valence-electron chi connectivity index (χ3n) is 5.20. The van der Waals surface area contributed by atoms with Gasteiger partial charge in [-0.1, -0.05) is 12.8 Å². The van der Waals surface area contributed by atoms with E-state index >= 15 is 0 Å². The lowest BCUT2D eigenvalue weighted by atomic mass is 9.86. The summed E-state index contributed by atoms with van der Waals surface area (Å²) in [5, 5.41) is 15.1. The van der Waals surface area contributed by atoms with Crippen LogP contribution in [0, 0.1) is 0 Å². The summed E-state index contributed by atoms with van der Waals surface area (Å²) in [4.78, 5) is 6.88. The van der Waals surface area contributed by atoms with Gasteiger partial charge in [0.25, 0.3) is 0 Å². The van der Waals surface area contributed by atoms with Crippen LogP contribution >= 0.6 is 0 Å². The van der Waals surface area contributed by atoms with Crippen LogP contribution in [0.25, 0.3) is 0 Å². The van der Waals surface area contributed by atoms with Crippen LogP contribution in [0.3, 0.4) is 0 Å². The van der Waals surface area contributed by atoms with Gasteiger partial charge in [-0.25, -0.2) is 4.98 Å². The van der Waals surface area contributed by atoms with Crippen LogP contribution in [0.5, 0.6) is 0 Å². The van der Waals surface area contributed by atoms with Gasteiger partial charge in [-0.15, -0.1) is 0 Å². The first-order chi connectivity index (χ1) is 9.76. The molecule has 2 fully saturated rings. The quantitative estimate of drug-likeness (QED) is 0.889.